The SMILES string of the molecule is C[Si](C)(C)[C@@H]1C=CC[C@H](CO)[C@H]1CO. The molecule has 1 aliphatic carbocycles. The summed E-state index contributed by atoms with van der Waals surface area (Å²) in [5, 5.41) is 18.7. The molecule has 3 atom stereocenters. The topological polar surface area (TPSA) is 40.5 Å². The van der Waals surface area contributed by atoms with E-state index >= 15 is 0 Å². The van der Waals surface area contributed by atoms with Gasteiger partial charge in [0.25, 0.3) is 0 Å². The number of aliphatic hydroxyl groups excluding tert-OH is 2. The molecule has 0 bridgehead atoms. The highest BCUT2D eigenvalue weighted by atomic mass is 28.3. The van der Waals surface area contributed by atoms with Gasteiger partial charge in [0, 0.05) is 13.2 Å². The molecule has 0 unspecified atom stereocenters. The first-order valence-corrected chi connectivity index (χ1v) is 8.96. The Balaban J connectivity index is 2.83. The molecule has 0 amide bonds. The second-order valence-corrected chi connectivity index (χ2v) is 10.7. The van der Waals surface area contributed by atoms with Gasteiger partial charge in [-0.3, -0.25) is 0 Å². The Bertz CT molecular complexity index is 208. The minimum absolute atomic E-state index is 0.205. The van der Waals surface area contributed by atoms with E-state index in [1.165, 1.54) is 0 Å². The molecule has 0 saturated carbocycles. The first-order chi connectivity index (χ1) is 6.50. The molecule has 0 heterocycles. The van der Waals surface area contributed by atoms with Gasteiger partial charge >= 0.3 is 0 Å². The lowest BCUT2D eigenvalue weighted by atomic mass is 9.83. The molecule has 0 aromatic heterocycles. The fraction of sp³-hybridized carbons (Fsp3) is 0.818. The van der Waals surface area contributed by atoms with Gasteiger partial charge in [0.1, 0.15) is 0 Å². The van der Waals surface area contributed by atoms with Gasteiger partial charge in [0.05, 0.1) is 8.07 Å². The van der Waals surface area contributed by atoms with Crippen LogP contribution in [0.15, 0.2) is 12.2 Å². The summed E-state index contributed by atoms with van der Waals surface area (Å²) in [6, 6.07) is 0. The molecule has 0 radical (unpaired) electrons. The molecule has 82 valence electrons. The molecule has 2 nitrogen and oxygen atoms in total. The molecule has 2 N–H and O–H groups in total. The summed E-state index contributed by atoms with van der Waals surface area (Å²) in [6.45, 7) is 7.39. The van der Waals surface area contributed by atoms with E-state index in [0.717, 1.165) is 6.42 Å². The summed E-state index contributed by atoms with van der Waals surface area (Å²) < 4.78 is 0. The lowest BCUT2D eigenvalue weighted by molar-refractivity contribution is 0.117. The average Bonchev–Trinajstić information content (AvgIpc) is 2.15. The summed E-state index contributed by atoms with van der Waals surface area (Å²) >= 11 is 0. The molecule has 0 aromatic rings. The molecule has 1 aliphatic rings. The summed E-state index contributed by atoms with van der Waals surface area (Å²) in [4.78, 5) is 0. The Labute approximate surface area is 87.7 Å². The van der Waals surface area contributed by atoms with Crippen molar-refractivity contribution in [2.45, 2.75) is 31.6 Å². The van der Waals surface area contributed by atoms with Crippen molar-refractivity contribution < 1.29 is 10.2 Å². The maximum absolute atomic E-state index is 9.40. The lowest BCUT2D eigenvalue weighted by Crippen LogP contribution is -2.39. The molecule has 14 heavy (non-hydrogen) atoms. The van der Waals surface area contributed by atoms with Crippen LogP contribution in [0.4, 0.5) is 0 Å². The van der Waals surface area contributed by atoms with Crippen LogP contribution in [0.2, 0.25) is 25.2 Å². The number of hydrogen-bond donors (Lipinski definition) is 2. The molecular weight excluding hydrogens is 192 g/mol. The number of rotatable bonds is 3. The number of hydrogen-bond acceptors (Lipinski definition) is 2. The molecular formula is C11H22O2Si. The van der Waals surface area contributed by atoms with E-state index in [1.54, 1.807) is 0 Å². The average molecular weight is 214 g/mol. The second-order valence-electron chi connectivity index (χ2n) is 5.34. The summed E-state index contributed by atoms with van der Waals surface area (Å²) in [5.74, 6) is 0.540. The Morgan fingerprint density at radius 3 is 2.29 bits per heavy atom. The fourth-order valence-electron chi connectivity index (χ4n) is 2.41. The van der Waals surface area contributed by atoms with E-state index in [4.69, 9.17) is 0 Å². The van der Waals surface area contributed by atoms with Crippen LogP contribution in [-0.4, -0.2) is 31.5 Å². The predicted molar refractivity (Wildman–Crippen MR) is 62.0 cm³/mol. The van der Waals surface area contributed by atoms with E-state index in [1.807, 2.05) is 0 Å². The summed E-state index contributed by atoms with van der Waals surface area (Å²) in [6.07, 6.45) is 5.36. The van der Waals surface area contributed by atoms with Crippen molar-refractivity contribution in [2.75, 3.05) is 13.2 Å². The van der Waals surface area contributed by atoms with Crippen LogP contribution in [0.1, 0.15) is 6.42 Å². The van der Waals surface area contributed by atoms with Gasteiger partial charge in [-0.15, -0.1) is 0 Å². The molecule has 0 aromatic carbocycles. The molecule has 0 spiro atoms. The van der Waals surface area contributed by atoms with Gasteiger partial charge < -0.3 is 10.2 Å². The first-order valence-electron chi connectivity index (χ1n) is 5.39. The zero-order valence-electron chi connectivity index (χ0n) is 9.40. The highest BCUT2D eigenvalue weighted by molar-refractivity contribution is 6.78. The lowest BCUT2D eigenvalue weighted by Gasteiger charge is -2.39. The minimum Gasteiger partial charge on any atom is -0.396 e. The van der Waals surface area contributed by atoms with Crippen molar-refractivity contribution >= 4 is 8.07 Å². The van der Waals surface area contributed by atoms with E-state index in [9.17, 15) is 10.2 Å². The van der Waals surface area contributed by atoms with Crippen molar-refractivity contribution in [1.29, 1.82) is 0 Å². The highest BCUT2D eigenvalue weighted by Gasteiger charge is 2.37. The minimum atomic E-state index is -1.26. The van der Waals surface area contributed by atoms with Gasteiger partial charge in [-0.25, -0.2) is 0 Å². The van der Waals surface area contributed by atoms with Gasteiger partial charge in [-0.05, 0) is 23.8 Å². The van der Waals surface area contributed by atoms with Crippen LogP contribution in [0.3, 0.4) is 0 Å². The smallest absolute Gasteiger partial charge is 0.0518 e. The third-order valence-corrected chi connectivity index (χ3v) is 5.91. The van der Waals surface area contributed by atoms with Crippen LogP contribution in [0.25, 0.3) is 0 Å². The molecule has 3 heteroatoms. The highest BCUT2D eigenvalue weighted by Crippen LogP contribution is 2.40. The Morgan fingerprint density at radius 1 is 1.21 bits per heavy atom. The zero-order chi connectivity index (χ0) is 10.8. The molecule has 0 aliphatic heterocycles. The first kappa shape index (κ1) is 11.9. The van der Waals surface area contributed by atoms with Crippen molar-refractivity contribution in [3.63, 3.8) is 0 Å². The monoisotopic (exact) mass is 214 g/mol. The fourth-order valence-corrected chi connectivity index (χ4v) is 4.79. The molecule has 1 rings (SSSR count). The normalized spacial score (nSPS) is 33.4. The van der Waals surface area contributed by atoms with E-state index < -0.39 is 8.07 Å². The third-order valence-electron chi connectivity index (χ3n) is 3.29. The van der Waals surface area contributed by atoms with Crippen LogP contribution >= 0.6 is 0 Å². The largest absolute Gasteiger partial charge is 0.396 e. The zero-order valence-corrected chi connectivity index (χ0v) is 10.4. The van der Waals surface area contributed by atoms with E-state index in [2.05, 4.69) is 31.8 Å². The van der Waals surface area contributed by atoms with Crippen LogP contribution in [0, 0.1) is 11.8 Å². The summed E-state index contributed by atoms with van der Waals surface area (Å²) in [7, 11) is -1.26. The maximum atomic E-state index is 9.40. The van der Waals surface area contributed by atoms with E-state index in [-0.39, 0.29) is 25.0 Å². The van der Waals surface area contributed by atoms with Gasteiger partial charge in [-0.1, -0.05) is 31.8 Å². The van der Waals surface area contributed by atoms with Crippen molar-refractivity contribution in [3.05, 3.63) is 12.2 Å². The Hall–Kier alpha value is -0.123. The van der Waals surface area contributed by atoms with Gasteiger partial charge in [0.15, 0.2) is 0 Å². The second kappa shape index (κ2) is 4.60. The van der Waals surface area contributed by atoms with Gasteiger partial charge in [0.2, 0.25) is 0 Å². The van der Waals surface area contributed by atoms with Crippen LogP contribution < -0.4 is 0 Å². The van der Waals surface area contributed by atoms with Crippen molar-refractivity contribution in [3.8, 4) is 0 Å². The Morgan fingerprint density at radius 2 is 1.86 bits per heavy atom. The quantitative estimate of drug-likeness (QED) is 0.556. The standard InChI is InChI=1S/C11H22O2Si/c1-14(2,3)11-6-4-5-9(7-12)10(11)8-13/h4,6,9-13H,5,7-8H2,1-3H3/t9-,10-,11-/m1/s1. The molecule has 0 saturated heterocycles. The predicted octanol–water partition coefficient (Wildman–Crippen LogP) is 1.87. The summed E-state index contributed by atoms with van der Waals surface area (Å²) in [5.41, 5.74) is 0.512. The van der Waals surface area contributed by atoms with Crippen LogP contribution in [0.5, 0.6) is 0 Å². The number of aliphatic hydroxyl groups is 2. The van der Waals surface area contributed by atoms with Gasteiger partial charge in [-0.2, -0.15) is 0 Å². The molecule has 0 fully saturated rings. The van der Waals surface area contributed by atoms with Crippen molar-refractivity contribution in [1.82, 2.24) is 0 Å². The Kier molecular flexibility index (Phi) is 3.92. The maximum Gasteiger partial charge on any atom is 0.0518 e. The van der Waals surface area contributed by atoms with E-state index in [0.29, 0.717) is 5.54 Å². The third kappa shape index (κ3) is 2.46. The van der Waals surface area contributed by atoms with Crippen LogP contribution in [-0.2, 0) is 0 Å². The number of allylic oxidation sites excluding steroid dienone is 2. The van der Waals surface area contributed by atoms with Crippen molar-refractivity contribution in [2.24, 2.45) is 11.8 Å².